The van der Waals surface area contributed by atoms with Gasteiger partial charge in [0.15, 0.2) is 5.82 Å². The zero-order valence-corrected chi connectivity index (χ0v) is 11.5. The number of ether oxygens (including phenoxy) is 1. The monoisotopic (exact) mass is 296 g/mol. The standard InChI is InChI=1S/C13H13FN2O3S/c1-2-19-12-8-4-3-7-11(12)16-20(17,18)13-10(14)6-5-9-15-13/h3-9,16H,2H2,1H3. The lowest BCUT2D eigenvalue weighted by Gasteiger charge is -2.12. The molecule has 0 aliphatic heterocycles. The summed E-state index contributed by atoms with van der Waals surface area (Å²) in [5.74, 6) is -0.538. The molecule has 0 unspecified atom stereocenters. The van der Waals surface area contributed by atoms with E-state index in [0.717, 1.165) is 6.07 Å². The number of para-hydroxylation sites is 2. The summed E-state index contributed by atoms with van der Waals surface area (Å²) in [5.41, 5.74) is 0.236. The first-order valence-electron chi connectivity index (χ1n) is 5.89. The zero-order chi connectivity index (χ0) is 14.6. The van der Waals surface area contributed by atoms with E-state index in [-0.39, 0.29) is 5.69 Å². The van der Waals surface area contributed by atoms with Crippen molar-refractivity contribution in [1.29, 1.82) is 0 Å². The van der Waals surface area contributed by atoms with Gasteiger partial charge in [0.1, 0.15) is 5.75 Å². The van der Waals surface area contributed by atoms with Crippen LogP contribution in [0.3, 0.4) is 0 Å². The first-order chi connectivity index (χ1) is 9.54. The molecule has 0 radical (unpaired) electrons. The molecule has 0 aliphatic rings. The molecule has 0 bridgehead atoms. The van der Waals surface area contributed by atoms with E-state index in [1.54, 1.807) is 25.1 Å². The molecule has 0 spiro atoms. The number of nitrogens with zero attached hydrogens (tertiary/aromatic N) is 1. The van der Waals surface area contributed by atoms with Crippen molar-refractivity contribution in [2.45, 2.75) is 11.9 Å². The molecule has 5 nitrogen and oxygen atoms in total. The van der Waals surface area contributed by atoms with Crippen molar-refractivity contribution in [2.75, 3.05) is 11.3 Å². The van der Waals surface area contributed by atoms with Gasteiger partial charge in [0.2, 0.25) is 5.03 Å². The molecule has 0 saturated carbocycles. The van der Waals surface area contributed by atoms with Gasteiger partial charge in [-0.05, 0) is 31.2 Å². The number of sulfonamides is 1. The smallest absolute Gasteiger partial charge is 0.282 e. The Morgan fingerprint density at radius 3 is 2.70 bits per heavy atom. The Balaban J connectivity index is 2.37. The lowest BCUT2D eigenvalue weighted by Crippen LogP contribution is -2.16. The van der Waals surface area contributed by atoms with Gasteiger partial charge in [0, 0.05) is 6.20 Å². The van der Waals surface area contributed by atoms with Gasteiger partial charge in [0.25, 0.3) is 10.0 Å². The van der Waals surface area contributed by atoms with Crippen LogP contribution < -0.4 is 9.46 Å². The average molecular weight is 296 g/mol. The number of hydrogen-bond donors (Lipinski definition) is 1. The maximum absolute atomic E-state index is 13.5. The highest BCUT2D eigenvalue weighted by Gasteiger charge is 2.21. The fourth-order valence-corrected chi connectivity index (χ4v) is 2.67. The lowest BCUT2D eigenvalue weighted by atomic mass is 10.3. The Kier molecular flexibility index (Phi) is 4.19. The van der Waals surface area contributed by atoms with Crippen LogP contribution in [0.5, 0.6) is 5.75 Å². The van der Waals surface area contributed by atoms with Crippen LogP contribution in [0.2, 0.25) is 0 Å². The predicted molar refractivity (Wildman–Crippen MR) is 72.6 cm³/mol. The molecule has 0 amide bonds. The number of rotatable bonds is 5. The summed E-state index contributed by atoms with van der Waals surface area (Å²) in [7, 11) is -4.10. The maximum Gasteiger partial charge on any atom is 0.282 e. The molecular weight excluding hydrogens is 283 g/mol. The minimum Gasteiger partial charge on any atom is -0.492 e. The summed E-state index contributed by atoms with van der Waals surface area (Å²) < 4.78 is 45.3. The summed E-state index contributed by atoms with van der Waals surface area (Å²) >= 11 is 0. The van der Waals surface area contributed by atoms with Crippen molar-refractivity contribution in [3.05, 3.63) is 48.4 Å². The first kappa shape index (κ1) is 14.3. The van der Waals surface area contributed by atoms with Crippen molar-refractivity contribution in [1.82, 2.24) is 4.98 Å². The number of nitrogens with one attached hydrogen (secondary N) is 1. The summed E-state index contributed by atoms with van der Waals surface area (Å²) in [4.78, 5) is 3.56. The zero-order valence-electron chi connectivity index (χ0n) is 10.7. The Hall–Kier alpha value is -2.15. The number of aromatic nitrogens is 1. The van der Waals surface area contributed by atoms with Gasteiger partial charge in [-0.3, -0.25) is 4.72 Å². The van der Waals surface area contributed by atoms with E-state index in [2.05, 4.69) is 9.71 Å². The molecule has 0 saturated heterocycles. The topological polar surface area (TPSA) is 68.3 Å². The Labute approximate surface area is 116 Å². The van der Waals surface area contributed by atoms with Gasteiger partial charge in [0.05, 0.1) is 12.3 Å². The highest BCUT2D eigenvalue weighted by Crippen LogP contribution is 2.26. The van der Waals surface area contributed by atoms with Crippen LogP contribution in [-0.2, 0) is 10.0 Å². The second kappa shape index (κ2) is 5.87. The van der Waals surface area contributed by atoms with Crippen LogP contribution in [0.25, 0.3) is 0 Å². The largest absolute Gasteiger partial charge is 0.492 e. The third-order valence-corrected chi connectivity index (χ3v) is 3.71. The number of halogens is 1. The van der Waals surface area contributed by atoms with E-state index < -0.39 is 20.9 Å². The molecule has 106 valence electrons. The fraction of sp³-hybridized carbons (Fsp3) is 0.154. The maximum atomic E-state index is 13.5. The van der Waals surface area contributed by atoms with E-state index in [1.165, 1.54) is 18.3 Å². The number of pyridine rings is 1. The highest BCUT2D eigenvalue weighted by atomic mass is 32.2. The third kappa shape index (κ3) is 3.05. The molecule has 0 fully saturated rings. The Morgan fingerprint density at radius 1 is 1.25 bits per heavy atom. The van der Waals surface area contributed by atoms with Gasteiger partial charge in [-0.15, -0.1) is 0 Å². The summed E-state index contributed by atoms with van der Waals surface area (Å²) in [6.45, 7) is 2.17. The average Bonchev–Trinajstić information content (AvgIpc) is 2.41. The van der Waals surface area contributed by atoms with Gasteiger partial charge in [-0.1, -0.05) is 12.1 Å². The lowest BCUT2D eigenvalue weighted by molar-refractivity contribution is 0.342. The minimum atomic E-state index is -4.10. The van der Waals surface area contributed by atoms with Crippen LogP contribution in [0, 0.1) is 5.82 Å². The van der Waals surface area contributed by atoms with E-state index in [9.17, 15) is 12.8 Å². The molecule has 0 aliphatic carbocycles. The van der Waals surface area contributed by atoms with Crippen LogP contribution in [-0.4, -0.2) is 20.0 Å². The van der Waals surface area contributed by atoms with Crippen molar-refractivity contribution < 1.29 is 17.5 Å². The minimum absolute atomic E-state index is 0.236. The molecular formula is C13H13FN2O3S. The molecule has 7 heteroatoms. The number of hydrogen-bond acceptors (Lipinski definition) is 4. The molecule has 1 aromatic carbocycles. The van der Waals surface area contributed by atoms with E-state index >= 15 is 0 Å². The summed E-state index contributed by atoms with van der Waals surface area (Å²) in [6, 6.07) is 8.87. The first-order valence-corrected chi connectivity index (χ1v) is 7.38. The van der Waals surface area contributed by atoms with Crippen LogP contribution in [0.1, 0.15) is 6.92 Å². The van der Waals surface area contributed by atoms with Crippen molar-refractivity contribution in [3.63, 3.8) is 0 Å². The molecule has 1 N–H and O–H groups in total. The van der Waals surface area contributed by atoms with Crippen LogP contribution in [0.4, 0.5) is 10.1 Å². The van der Waals surface area contributed by atoms with Crippen molar-refractivity contribution >= 4 is 15.7 Å². The number of anilines is 1. The predicted octanol–water partition coefficient (Wildman–Crippen LogP) is 2.42. The number of benzene rings is 1. The fourth-order valence-electron chi connectivity index (χ4n) is 1.59. The van der Waals surface area contributed by atoms with Gasteiger partial charge < -0.3 is 4.74 Å². The third-order valence-electron chi connectivity index (χ3n) is 2.41. The van der Waals surface area contributed by atoms with E-state index in [0.29, 0.717) is 12.4 Å². The molecule has 2 aromatic rings. The summed E-state index contributed by atoms with van der Waals surface area (Å²) in [5, 5.41) is -0.647. The quantitative estimate of drug-likeness (QED) is 0.920. The molecule has 20 heavy (non-hydrogen) atoms. The van der Waals surface area contributed by atoms with Crippen molar-refractivity contribution in [2.24, 2.45) is 0 Å². The SMILES string of the molecule is CCOc1ccccc1NS(=O)(=O)c1ncccc1F. The highest BCUT2D eigenvalue weighted by molar-refractivity contribution is 7.92. The van der Waals surface area contributed by atoms with Crippen LogP contribution in [0.15, 0.2) is 47.6 Å². The van der Waals surface area contributed by atoms with Crippen LogP contribution >= 0.6 is 0 Å². The Bertz CT molecular complexity index is 704. The molecule has 1 aromatic heterocycles. The molecule has 1 heterocycles. The Morgan fingerprint density at radius 2 is 2.00 bits per heavy atom. The molecule has 2 rings (SSSR count). The van der Waals surface area contributed by atoms with Gasteiger partial charge in [-0.2, -0.15) is 8.42 Å². The molecule has 0 atom stereocenters. The second-order valence-corrected chi connectivity index (χ2v) is 5.42. The van der Waals surface area contributed by atoms with E-state index in [1.807, 2.05) is 0 Å². The van der Waals surface area contributed by atoms with Crippen molar-refractivity contribution in [3.8, 4) is 5.75 Å². The van der Waals surface area contributed by atoms with Gasteiger partial charge >= 0.3 is 0 Å². The normalized spacial score (nSPS) is 11.1. The summed E-state index contributed by atoms with van der Waals surface area (Å²) in [6.07, 6.45) is 1.21. The van der Waals surface area contributed by atoms with E-state index in [4.69, 9.17) is 4.74 Å². The van der Waals surface area contributed by atoms with Gasteiger partial charge in [-0.25, -0.2) is 9.37 Å². The second-order valence-electron chi connectivity index (χ2n) is 3.83.